The van der Waals surface area contributed by atoms with Crippen molar-refractivity contribution in [2.24, 2.45) is 0 Å². The molecule has 0 heterocycles. The molecule has 1 rings (SSSR count). The molecule has 0 spiro atoms. The maximum absolute atomic E-state index is 12.0. The highest BCUT2D eigenvalue weighted by Crippen LogP contribution is 2.19. The Morgan fingerprint density at radius 2 is 1.94 bits per heavy atom. The van der Waals surface area contributed by atoms with E-state index in [9.17, 15) is 12.6 Å². The van der Waals surface area contributed by atoms with Crippen LogP contribution in [0.15, 0.2) is 29.2 Å². The van der Waals surface area contributed by atoms with Crippen LogP contribution in [0.1, 0.15) is 6.42 Å². The third-order valence-electron chi connectivity index (χ3n) is 2.35. The van der Waals surface area contributed by atoms with E-state index in [0.717, 1.165) is 0 Å². The van der Waals surface area contributed by atoms with Gasteiger partial charge in [-0.2, -0.15) is 0 Å². The number of rotatable bonds is 7. The summed E-state index contributed by atoms with van der Waals surface area (Å²) in [5.74, 6) is 0.496. The Bertz CT molecular complexity index is 515. The van der Waals surface area contributed by atoms with Crippen LogP contribution in [0.4, 0.5) is 5.69 Å². The van der Waals surface area contributed by atoms with Gasteiger partial charge in [0.2, 0.25) is 10.0 Å². The predicted molar refractivity (Wildman–Crippen MR) is 74.7 cm³/mol. The van der Waals surface area contributed by atoms with E-state index in [4.69, 9.17) is 0 Å². The van der Waals surface area contributed by atoms with Gasteiger partial charge in [-0.3, -0.25) is 4.21 Å². The lowest BCUT2D eigenvalue weighted by atomic mass is 10.3. The van der Waals surface area contributed by atoms with E-state index in [0.29, 0.717) is 24.4 Å². The highest BCUT2D eigenvalue weighted by atomic mass is 32.2. The number of hydrogen-bond acceptors (Lipinski definition) is 4. The van der Waals surface area contributed by atoms with E-state index in [2.05, 4.69) is 10.0 Å². The summed E-state index contributed by atoms with van der Waals surface area (Å²) in [5, 5.41) is 2.84. The van der Waals surface area contributed by atoms with Gasteiger partial charge in [0.1, 0.15) is 4.90 Å². The summed E-state index contributed by atoms with van der Waals surface area (Å²) >= 11 is 0. The molecule has 1 aromatic rings. The quantitative estimate of drug-likeness (QED) is 0.728. The summed E-state index contributed by atoms with van der Waals surface area (Å²) in [6, 6.07) is 6.70. The fraction of sp³-hybridized carbons (Fsp3) is 0.455. The van der Waals surface area contributed by atoms with Crippen LogP contribution in [0.2, 0.25) is 0 Å². The monoisotopic (exact) mass is 290 g/mol. The van der Waals surface area contributed by atoms with E-state index in [-0.39, 0.29) is 4.90 Å². The average molecular weight is 290 g/mol. The highest BCUT2D eigenvalue weighted by molar-refractivity contribution is 7.89. The third kappa shape index (κ3) is 4.40. The van der Waals surface area contributed by atoms with Crippen molar-refractivity contribution in [3.05, 3.63) is 24.3 Å². The average Bonchev–Trinajstić information content (AvgIpc) is 2.34. The molecule has 1 aromatic carbocycles. The Morgan fingerprint density at radius 3 is 2.56 bits per heavy atom. The fourth-order valence-electron chi connectivity index (χ4n) is 1.47. The molecule has 102 valence electrons. The summed E-state index contributed by atoms with van der Waals surface area (Å²) in [6.07, 6.45) is 2.16. The van der Waals surface area contributed by atoms with Gasteiger partial charge in [-0.15, -0.1) is 0 Å². The molecule has 0 bridgehead atoms. The summed E-state index contributed by atoms with van der Waals surface area (Å²) in [7, 11) is -2.73. The van der Waals surface area contributed by atoms with Crippen molar-refractivity contribution in [1.82, 2.24) is 4.72 Å². The number of sulfonamides is 1. The zero-order valence-corrected chi connectivity index (χ0v) is 12.1. The second-order valence-corrected chi connectivity index (χ2v) is 7.06. The zero-order chi connectivity index (χ0) is 13.6. The van der Waals surface area contributed by atoms with Crippen LogP contribution in [0.5, 0.6) is 0 Å². The fourth-order valence-corrected chi connectivity index (χ4v) is 3.30. The van der Waals surface area contributed by atoms with E-state index in [1.54, 1.807) is 37.6 Å². The number of para-hydroxylation sites is 1. The van der Waals surface area contributed by atoms with E-state index >= 15 is 0 Å². The molecule has 1 unspecified atom stereocenters. The number of benzene rings is 1. The predicted octanol–water partition coefficient (Wildman–Crippen LogP) is 0.775. The van der Waals surface area contributed by atoms with E-state index in [1.807, 2.05) is 0 Å². The third-order valence-corrected chi connectivity index (χ3v) is 4.73. The van der Waals surface area contributed by atoms with Crippen LogP contribution in [0.3, 0.4) is 0 Å². The zero-order valence-electron chi connectivity index (χ0n) is 10.5. The molecule has 1 atom stereocenters. The Balaban J connectivity index is 2.71. The van der Waals surface area contributed by atoms with Crippen LogP contribution < -0.4 is 10.0 Å². The summed E-state index contributed by atoms with van der Waals surface area (Å²) in [6.45, 7) is 0.292. The van der Waals surface area contributed by atoms with Gasteiger partial charge >= 0.3 is 0 Å². The molecule has 0 fully saturated rings. The molecule has 0 aliphatic heterocycles. The smallest absolute Gasteiger partial charge is 0.242 e. The second kappa shape index (κ2) is 6.86. The van der Waals surface area contributed by atoms with Gasteiger partial charge in [0, 0.05) is 36.4 Å². The lowest BCUT2D eigenvalue weighted by Gasteiger charge is -2.10. The van der Waals surface area contributed by atoms with Crippen LogP contribution in [-0.4, -0.2) is 38.2 Å². The van der Waals surface area contributed by atoms with Crippen molar-refractivity contribution in [2.75, 3.05) is 30.9 Å². The summed E-state index contributed by atoms with van der Waals surface area (Å²) in [4.78, 5) is 0.227. The van der Waals surface area contributed by atoms with Gasteiger partial charge in [0.25, 0.3) is 0 Å². The molecule has 0 saturated carbocycles. The minimum absolute atomic E-state index is 0.227. The maximum Gasteiger partial charge on any atom is 0.242 e. The second-order valence-electron chi connectivity index (χ2n) is 3.77. The van der Waals surface area contributed by atoms with Crippen molar-refractivity contribution in [3.8, 4) is 0 Å². The van der Waals surface area contributed by atoms with Crippen molar-refractivity contribution in [2.45, 2.75) is 11.3 Å². The van der Waals surface area contributed by atoms with Crippen molar-refractivity contribution < 1.29 is 12.6 Å². The molecule has 0 saturated heterocycles. The SMILES string of the molecule is CNc1ccccc1S(=O)(=O)NCCCS(C)=O. The molecule has 7 heteroatoms. The highest BCUT2D eigenvalue weighted by Gasteiger charge is 2.16. The van der Waals surface area contributed by atoms with Crippen LogP contribution in [-0.2, 0) is 20.8 Å². The largest absolute Gasteiger partial charge is 0.387 e. The first kappa shape index (κ1) is 15.1. The number of anilines is 1. The van der Waals surface area contributed by atoms with E-state index < -0.39 is 20.8 Å². The van der Waals surface area contributed by atoms with Gasteiger partial charge in [-0.25, -0.2) is 13.1 Å². The van der Waals surface area contributed by atoms with Crippen molar-refractivity contribution in [3.63, 3.8) is 0 Å². The minimum atomic E-state index is -3.51. The van der Waals surface area contributed by atoms with Crippen LogP contribution in [0, 0.1) is 0 Å². The Morgan fingerprint density at radius 1 is 1.28 bits per heavy atom. The first-order valence-corrected chi connectivity index (χ1v) is 8.75. The van der Waals surface area contributed by atoms with Crippen LogP contribution in [0.25, 0.3) is 0 Å². The number of hydrogen-bond donors (Lipinski definition) is 2. The topological polar surface area (TPSA) is 75.3 Å². The standard InChI is InChI=1S/C11H18N2O3S2/c1-12-10-6-3-4-7-11(10)18(15,16)13-8-5-9-17(2)14/h3-4,6-7,12-13H,5,8-9H2,1-2H3. The first-order valence-electron chi connectivity index (χ1n) is 5.54. The summed E-state index contributed by atoms with van der Waals surface area (Å²) < 4.78 is 37.4. The van der Waals surface area contributed by atoms with Gasteiger partial charge < -0.3 is 5.32 Å². The molecular formula is C11H18N2O3S2. The normalized spacial score (nSPS) is 13.2. The molecule has 2 N–H and O–H groups in total. The van der Waals surface area contributed by atoms with Gasteiger partial charge in [0.15, 0.2) is 0 Å². The minimum Gasteiger partial charge on any atom is -0.387 e. The Kier molecular flexibility index (Phi) is 5.77. The van der Waals surface area contributed by atoms with Gasteiger partial charge in [0.05, 0.1) is 5.69 Å². The molecule has 18 heavy (non-hydrogen) atoms. The van der Waals surface area contributed by atoms with Gasteiger partial charge in [-0.05, 0) is 18.6 Å². The molecule has 0 radical (unpaired) electrons. The molecular weight excluding hydrogens is 272 g/mol. The molecule has 0 aliphatic rings. The Labute approximate surface area is 110 Å². The molecule has 0 aliphatic carbocycles. The molecule has 0 amide bonds. The molecule has 5 nitrogen and oxygen atoms in total. The number of nitrogens with one attached hydrogen (secondary N) is 2. The van der Waals surface area contributed by atoms with E-state index in [1.165, 1.54) is 0 Å². The van der Waals surface area contributed by atoms with Crippen LogP contribution >= 0.6 is 0 Å². The summed E-state index contributed by atoms with van der Waals surface area (Å²) in [5.41, 5.74) is 0.559. The van der Waals surface area contributed by atoms with Crippen molar-refractivity contribution >= 4 is 26.5 Å². The lowest BCUT2D eigenvalue weighted by Crippen LogP contribution is -2.26. The van der Waals surface area contributed by atoms with Crippen molar-refractivity contribution in [1.29, 1.82) is 0 Å². The Hall–Kier alpha value is -0.920. The van der Waals surface area contributed by atoms with Gasteiger partial charge in [-0.1, -0.05) is 12.1 Å². The maximum atomic E-state index is 12.0. The molecule has 0 aromatic heterocycles. The first-order chi connectivity index (χ1) is 8.47. The lowest BCUT2D eigenvalue weighted by molar-refractivity contribution is 0.581.